The number of Topliss-reactive ketones (excluding diaryl/α,β-unsaturated/α-hetero) is 1. The molecule has 0 amide bonds. The van der Waals surface area contributed by atoms with Crippen LogP contribution >= 0.6 is 0 Å². The van der Waals surface area contributed by atoms with Crippen molar-refractivity contribution < 1.29 is 4.79 Å². The molecule has 0 heterocycles. The highest BCUT2D eigenvalue weighted by Crippen LogP contribution is 2.62. The lowest BCUT2D eigenvalue weighted by molar-refractivity contribution is -0.119. The first-order chi connectivity index (χ1) is 7.26. The largest absolute Gasteiger partial charge is 0.299 e. The molecule has 0 aliphatic heterocycles. The number of ketones is 1. The van der Waals surface area contributed by atoms with Crippen LogP contribution < -0.4 is 0 Å². The number of rotatable bonds is 1. The van der Waals surface area contributed by atoms with Gasteiger partial charge in [0.05, 0.1) is 11.6 Å². The molecule has 1 aromatic carbocycles. The van der Waals surface area contributed by atoms with Crippen molar-refractivity contribution >= 4 is 5.78 Å². The molecule has 0 bridgehead atoms. The first-order valence-electron chi connectivity index (χ1n) is 5.30. The van der Waals surface area contributed by atoms with E-state index in [2.05, 4.69) is 12.1 Å². The van der Waals surface area contributed by atoms with E-state index in [0.717, 1.165) is 19.3 Å². The zero-order chi connectivity index (χ0) is 10.5. The molecule has 2 fully saturated rings. The highest BCUT2D eigenvalue weighted by molar-refractivity contribution is 5.89. The molecular weight excluding hydrogens is 186 g/mol. The second-order valence-corrected chi connectivity index (χ2v) is 4.57. The van der Waals surface area contributed by atoms with Gasteiger partial charge in [0.1, 0.15) is 5.78 Å². The maximum Gasteiger partial charge on any atom is 0.136 e. The summed E-state index contributed by atoms with van der Waals surface area (Å²) in [5.74, 6) is 0.670. The minimum atomic E-state index is 0.115. The van der Waals surface area contributed by atoms with E-state index in [1.807, 2.05) is 18.2 Å². The van der Waals surface area contributed by atoms with Crippen molar-refractivity contribution in [1.29, 1.82) is 5.26 Å². The molecule has 2 heteroatoms. The molecule has 1 aromatic rings. The molecule has 0 radical (unpaired) electrons. The smallest absolute Gasteiger partial charge is 0.136 e. The van der Waals surface area contributed by atoms with Crippen LogP contribution in [0, 0.1) is 17.2 Å². The zero-order valence-corrected chi connectivity index (χ0v) is 8.36. The van der Waals surface area contributed by atoms with Crippen LogP contribution in [0.15, 0.2) is 24.3 Å². The molecule has 0 aromatic heterocycles. The van der Waals surface area contributed by atoms with E-state index in [-0.39, 0.29) is 11.3 Å². The Hall–Kier alpha value is -1.62. The van der Waals surface area contributed by atoms with Crippen molar-refractivity contribution in [3.05, 3.63) is 35.4 Å². The fourth-order valence-electron chi connectivity index (χ4n) is 2.89. The molecule has 2 aliphatic carbocycles. The molecule has 2 aliphatic rings. The van der Waals surface area contributed by atoms with Gasteiger partial charge < -0.3 is 0 Å². The van der Waals surface area contributed by atoms with Crippen molar-refractivity contribution in [3.8, 4) is 6.07 Å². The number of carbonyl (C=O) groups excluding carboxylic acids is 1. The van der Waals surface area contributed by atoms with E-state index in [4.69, 9.17) is 5.26 Å². The number of fused-ring (bicyclic) bond motifs is 1. The third-order valence-corrected chi connectivity index (χ3v) is 3.85. The first kappa shape index (κ1) is 8.67. The van der Waals surface area contributed by atoms with E-state index in [1.54, 1.807) is 0 Å². The summed E-state index contributed by atoms with van der Waals surface area (Å²) in [4.78, 5) is 11.5. The predicted octanol–water partition coefficient (Wildman–Crippen LogP) is 2.18. The molecule has 0 spiro atoms. The molecule has 0 unspecified atom stereocenters. The number of hydrogen-bond donors (Lipinski definition) is 0. The summed E-state index contributed by atoms with van der Waals surface area (Å²) in [6.07, 6.45) is 2.70. The average Bonchev–Trinajstić information content (AvgIpc) is 2.95. The minimum absolute atomic E-state index is 0.115. The quantitative estimate of drug-likeness (QED) is 0.692. The normalized spacial score (nSPS) is 32.2. The van der Waals surface area contributed by atoms with E-state index in [1.165, 1.54) is 5.56 Å². The average molecular weight is 197 g/mol. The van der Waals surface area contributed by atoms with Gasteiger partial charge in [-0.2, -0.15) is 5.26 Å². The summed E-state index contributed by atoms with van der Waals surface area (Å²) in [7, 11) is 0. The lowest BCUT2D eigenvalue weighted by Crippen LogP contribution is -2.05. The lowest BCUT2D eigenvalue weighted by Gasteiger charge is -2.11. The number of carbonyl (C=O) groups is 1. The summed E-state index contributed by atoms with van der Waals surface area (Å²) >= 11 is 0. The number of hydrogen-bond acceptors (Lipinski definition) is 2. The van der Waals surface area contributed by atoms with Crippen LogP contribution in [0.2, 0.25) is 0 Å². The standard InChI is InChI=1S/C13H11NO/c14-8-9-2-1-3-10(6-9)13-5-4-12(15)11(13)7-13/h1-3,6,11H,4-5,7H2/t11-,13-/m1/s1. The van der Waals surface area contributed by atoms with E-state index in [0.29, 0.717) is 11.3 Å². The van der Waals surface area contributed by atoms with Crippen LogP contribution in [0.5, 0.6) is 0 Å². The Kier molecular flexibility index (Phi) is 1.56. The van der Waals surface area contributed by atoms with E-state index >= 15 is 0 Å². The third-order valence-electron chi connectivity index (χ3n) is 3.85. The molecule has 0 saturated heterocycles. The summed E-state index contributed by atoms with van der Waals surface area (Å²) in [5, 5.41) is 8.84. The fraction of sp³-hybridized carbons (Fsp3) is 0.385. The van der Waals surface area contributed by atoms with Crippen LogP contribution in [-0.2, 0) is 10.2 Å². The van der Waals surface area contributed by atoms with Gasteiger partial charge >= 0.3 is 0 Å². The van der Waals surface area contributed by atoms with Crippen LogP contribution in [0.1, 0.15) is 30.4 Å². The Labute approximate surface area is 88.5 Å². The van der Waals surface area contributed by atoms with Gasteiger partial charge in [0, 0.05) is 17.8 Å². The second kappa shape index (κ2) is 2.70. The molecule has 3 rings (SSSR count). The van der Waals surface area contributed by atoms with E-state index in [9.17, 15) is 4.79 Å². The minimum Gasteiger partial charge on any atom is -0.299 e. The highest BCUT2D eigenvalue weighted by Gasteiger charge is 2.62. The Morgan fingerprint density at radius 2 is 2.33 bits per heavy atom. The molecule has 15 heavy (non-hydrogen) atoms. The Balaban J connectivity index is 2.02. The van der Waals surface area contributed by atoms with Crippen LogP contribution in [0.25, 0.3) is 0 Å². The van der Waals surface area contributed by atoms with Crippen LogP contribution in [0.3, 0.4) is 0 Å². The Morgan fingerprint density at radius 1 is 1.47 bits per heavy atom. The predicted molar refractivity (Wildman–Crippen MR) is 55.2 cm³/mol. The summed E-state index contributed by atoms with van der Waals surface area (Å²) in [6, 6.07) is 9.88. The molecular formula is C13H11NO. The van der Waals surface area contributed by atoms with Crippen molar-refractivity contribution in [3.63, 3.8) is 0 Å². The number of nitrogens with zero attached hydrogens (tertiary/aromatic N) is 1. The molecule has 74 valence electrons. The van der Waals surface area contributed by atoms with Gasteiger partial charge in [-0.05, 0) is 30.5 Å². The van der Waals surface area contributed by atoms with Gasteiger partial charge in [-0.1, -0.05) is 12.1 Å². The fourth-order valence-corrected chi connectivity index (χ4v) is 2.89. The Bertz CT molecular complexity index is 486. The zero-order valence-electron chi connectivity index (χ0n) is 8.36. The molecule has 2 atom stereocenters. The lowest BCUT2D eigenvalue weighted by atomic mass is 9.92. The van der Waals surface area contributed by atoms with Crippen molar-refractivity contribution in [2.45, 2.75) is 24.7 Å². The highest BCUT2D eigenvalue weighted by atomic mass is 16.1. The monoisotopic (exact) mass is 197 g/mol. The van der Waals surface area contributed by atoms with Crippen molar-refractivity contribution in [2.75, 3.05) is 0 Å². The van der Waals surface area contributed by atoms with Gasteiger partial charge in [0.2, 0.25) is 0 Å². The second-order valence-electron chi connectivity index (χ2n) is 4.57. The summed E-state index contributed by atoms with van der Waals surface area (Å²) in [6.45, 7) is 0. The van der Waals surface area contributed by atoms with Crippen molar-refractivity contribution in [1.82, 2.24) is 0 Å². The maximum absolute atomic E-state index is 11.5. The number of benzene rings is 1. The van der Waals surface area contributed by atoms with Gasteiger partial charge in [-0.25, -0.2) is 0 Å². The SMILES string of the molecule is N#Cc1cccc([C@]23CCC(=O)[C@H]2C3)c1. The molecule has 0 N–H and O–H groups in total. The Morgan fingerprint density at radius 3 is 2.93 bits per heavy atom. The summed E-state index contributed by atoms with van der Waals surface area (Å²) < 4.78 is 0. The van der Waals surface area contributed by atoms with Crippen LogP contribution in [-0.4, -0.2) is 5.78 Å². The van der Waals surface area contributed by atoms with Crippen molar-refractivity contribution in [2.24, 2.45) is 5.92 Å². The molecule has 2 nitrogen and oxygen atoms in total. The van der Waals surface area contributed by atoms with Gasteiger partial charge in [0.25, 0.3) is 0 Å². The van der Waals surface area contributed by atoms with Gasteiger partial charge in [-0.3, -0.25) is 4.79 Å². The van der Waals surface area contributed by atoms with E-state index < -0.39 is 0 Å². The maximum atomic E-state index is 11.5. The molecule has 2 saturated carbocycles. The van der Waals surface area contributed by atoms with Gasteiger partial charge in [0.15, 0.2) is 0 Å². The third kappa shape index (κ3) is 1.07. The first-order valence-corrected chi connectivity index (χ1v) is 5.30. The topological polar surface area (TPSA) is 40.9 Å². The number of nitriles is 1. The van der Waals surface area contributed by atoms with Gasteiger partial charge in [-0.15, -0.1) is 0 Å². The van der Waals surface area contributed by atoms with Crippen LogP contribution in [0.4, 0.5) is 0 Å². The summed E-state index contributed by atoms with van der Waals surface area (Å²) in [5.41, 5.74) is 2.01.